The number of nitrogens with zero attached hydrogens (tertiary/aromatic N) is 3. The lowest BCUT2D eigenvalue weighted by Gasteiger charge is -2.34. The van der Waals surface area contributed by atoms with E-state index in [0.29, 0.717) is 32.3 Å². The molecule has 2 saturated heterocycles. The highest BCUT2D eigenvalue weighted by molar-refractivity contribution is 5.68. The number of hydrogen-bond acceptors (Lipinski definition) is 7. The molecule has 1 N–H and O–H groups in total. The minimum Gasteiger partial charge on any atom is -0.389 e. The Labute approximate surface area is 197 Å². The van der Waals surface area contributed by atoms with E-state index in [1.54, 1.807) is 0 Å². The molecule has 2 aliphatic rings. The number of anilines is 1. The molecule has 1 aromatic heterocycles. The second kappa shape index (κ2) is 12.0. The minimum atomic E-state index is -0.552. The Bertz CT molecular complexity index is 837. The summed E-state index contributed by atoms with van der Waals surface area (Å²) in [5, 5.41) is 15.2. The molecule has 7 nitrogen and oxygen atoms in total. The summed E-state index contributed by atoms with van der Waals surface area (Å²) in [7, 11) is 0. The van der Waals surface area contributed by atoms with E-state index in [1.165, 1.54) is 6.42 Å². The Hall–Kier alpha value is -1.93. The van der Waals surface area contributed by atoms with Crippen molar-refractivity contribution in [2.75, 3.05) is 44.4 Å². The van der Waals surface area contributed by atoms with Crippen LogP contribution >= 0.6 is 0 Å². The number of benzene rings is 1. The molecule has 0 aliphatic carbocycles. The topological polar surface area (TPSA) is 71.2 Å². The van der Waals surface area contributed by atoms with Gasteiger partial charge in [0.05, 0.1) is 24.4 Å². The molecule has 3 heterocycles. The van der Waals surface area contributed by atoms with Crippen LogP contribution < -0.4 is 4.90 Å². The van der Waals surface area contributed by atoms with Gasteiger partial charge in [-0.25, -0.2) is 0 Å². The zero-order valence-corrected chi connectivity index (χ0v) is 20.1. The van der Waals surface area contributed by atoms with Crippen molar-refractivity contribution >= 4 is 5.88 Å². The fourth-order valence-corrected chi connectivity index (χ4v) is 5.00. The Morgan fingerprint density at radius 1 is 1.21 bits per heavy atom. The van der Waals surface area contributed by atoms with Crippen molar-refractivity contribution in [2.45, 2.75) is 70.7 Å². The third-order valence-corrected chi connectivity index (χ3v) is 6.73. The van der Waals surface area contributed by atoms with Gasteiger partial charge in [0.2, 0.25) is 5.88 Å². The summed E-state index contributed by atoms with van der Waals surface area (Å²) < 4.78 is 17.5. The van der Waals surface area contributed by atoms with E-state index in [2.05, 4.69) is 34.0 Å². The molecule has 2 fully saturated rings. The first-order valence-corrected chi connectivity index (χ1v) is 12.6. The number of aliphatic hydroxyl groups is 1. The molecule has 1 aromatic carbocycles. The first-order chi connectivity index (χ1) is 16.2. The summed E-state index contributed by atoms with van der Waals surface area (Å²) in [5.41, 5.74) is 3.04. The van der Waals surface area contributed by atoms with E-state index in [1.807, 2.05) is 25.1 Å². The van der Waals surface area contributed by atoms with Crippen LogP contribution in [0.15, 0.2) is 34.9 Å². The molecule has 4 rings (SSSR count). The summed E-state index contributed by atoms with van der Waals surface area (Å²) >= 11 is 0. The van der Waals surface area contributed by atoms with E-state index in [4.69, 9.17) is 14.0 Å². The van der Waals surface area contributed by atoms with Crippen LogP contribution in [0, 0.1) is 0 Å². The highest BCUT2D eigenvalue weighted by Gasteiger charge is 2.30. The maximum Gasteiger partial charge on any atom is 0.232 e. The predicted octanol–water partition coefficient (Wildman–Crippen LogP) is 4.10. The van der Waals surface area contributed by atoms with Gasteiger partial charge in [-0.2, -0.15) is 0 Å². The van der Waals surface area contributed by atoms with Gasteiger partial charge >= 0.3 is 0 Å². The van der Waals surface area contributed by atoms with Crippen molar-refractivity contribution in [3.05, 3.63) is 35.9 Å². The number of aliphatic hydroxyl groups excluding tert-OH is 1. The molecule has 2 aromatic rings. The van der Waals surface area contributed by atoms with E-state index in [9.17, 15) is 5.11 Å². The predicted molar refractivity (Wildman–Crippen MR) is 129 cm³/mol. The second-order valence-electron chi connectivity index (χ2n) is 9.36. The Balaban J connectivity index is 1.62. The van der Waals surface area contributed by atoms with Gasteiger partial charge < -0.3 is 24.0 Å². The van der Waals surface area contributed by atoms with Crippen LogP contribution in [0.3, 0.4) is 0 Å². The summed E-state index contributed by atoms with van der Waals surface area (Å²) in [6.07, 6.45) is 5.38. The second-order valence-corrected chi connectivity index (χ2v) is 9.36. The highest BCUT2D eigenvalue weighted by Crippen LogP contribution is 2.35. The maximum atomic E-state index is 10.6. The van der Waals surface area contributed by atoms with Crippen LogP contribution in [0.2, 0.25) is 0 Å². The lowest BCUT2D eigenvalue weighted by Crippen LogP contribution is -2.40. The quantitative estimate of drug-likeness (QED) is 0.545. The van der Waals surface area contributed by atoms with E-state index < -0.39 is 6.10 Å². The van der Waals surface area contributed by atoms with Crippen LogP contribution in [-0.2, 0) is 16.0 Å². The third-order valence-electron chi connectivity index (χ3n) is 6.73. The normalized spacial score (nSPS) is 22.2. The van der Waals surface area contributed by atoms with Gasteiger partial charge in [0, 0.05) is 51.0 Å². The van der Waals surface area contributed by atoms with Crippen molar-refractivity contribution in [3.63, 3.8) is 0 Å². The van der Waals surface area contributed by atoms with Crippen LogP contribution in [0.25, 0.3) is 11.3 Å². The highest BCUT2D eigenvalue weighted by atomic mass is 16.5. The Morgan fingerprint density at radius 2 is 2.06 bits per heavy atom. The molecular weight excluding hydrogens is 418 g/mol. The van der Waals surface area contributed by atoms with Gasteiger partial charge in [-0.1, -0.05) is 35.5 Å². The van der Waals surface area contributed by atoms with Gasteiger partial charge in [-0.15, -0.1) is 0 Å². The molecule has 0 radical (unpaired) electrons. The van der Waals surface area contributed by atoms with Gasteiger partial charge in [-0.3, -0.25) is 4.90 Å². The molecule has 0 amide bonds. The van der Waals surface area contributed by atoms with Crippen molar-refractivity contribution in [3.8, 4) is 11.3 Å². The van der Waals surface area contributed by atoms with Crippen molar-refractivity contribution in [1.29, 1.82) is 0 Å². The number of ether oxygens (including phenoxy) is 2. The van der Waals surface area contributed by atoms with Crippen molar-refractivity contribution < 1.29 is 19.1 Å². The number of rotatable bonds is 11. The van der Waals surface area contributed by atoms with Crippen molar-refractivity contribution in [2.24, 2.45) is 0 Å². The standard InChI is InChI=1S/C26H39N3O4/c1-3-31-19-22(30)16-28(17-23-13-9-15-32-23)18-24-25(21-11-5-4-6-12-21)27-33-26(24)29-14-8-7-10-20(29)2/h4-6,11-12,20,22-23,30H,3,7-10,13-19H2,1-2H3/t20-,22+,23+/m0/s1. The fraction of sp³-hybridized carbons (Fsp3) is 0.654. The summed E-state index contributed by atoms with van der Waals surface area (Å²) in [6, 6.07) is 10.7. The van der Waals surface area contributed by atoms with Crippen molar-refractivity contribution in [1.82, 2.24) is 10.1 Å². The Kier molecular flexibility index (Phi) is 8.78. The average Bonchev–Trinajstić information content (AvgIpc) is 3.49. The number of piperidine rings is 1. The summed E-state index contributed by atoms with van der Waals surface area (Å²) in [4.78, 5) is 4.66. The molecular formula is C26H39N3O4. The van der Waals surface area contributed by atoms with E-state index in [-0.39, 0.29) is 6.10 Å². The molecule has 3 atom stereocenters. The van der Waals surface area contributed by atoms with Gasteiger partial charge in [-0.05, 0) is 46.0 Å². The van der Waals surface area contributed by atoms with Gasteiger partial charge in [0.1, 0.15) is 5.69 Å². The van der Waals surface area contributed by atoms with Gasteiger partial charge in [0.15, 0.2) is 0 Å². The number of hydrogen-bond donors (Lipinski definition) is 1. The molecule has 0 bridgehead atoms. The zero-order chi connectivity index (χ0) is 23.0. The molecule has 0 saturated carbocycles. The average molecular weight is 458 g/mol. The largest absolute Gasteiger partial charge is 0.389 e. The molecule has 182 valence electrons. The summed E-state index contributed by atoms with van der Waals surface area (Å²) in [6.45, 7) is 8.90. The van der Waals surface area contributed by atoms with Crippen LogP contribution in [0.4, 0.5) is 5.88 Å². The molecule has 33 heavy (non-hydrogen) atoms. The van der Waals surface area contributed by atoms with E-state index >= 15 is 0 Å². The summed E-state index contributed by atoms with van der Waals surface area (Å²) in [5.74, 6) is 0.873. The fourth-order valence-electron chi connectivity index (χ4n) is 5.00. The first kappa shape index (κ1) is 24.2. The number of aromatic nitrogens is 1. The molecule has 2 aliphatic heterocycles. The zero-order valence-electron chi connectivity index (χ0n) is 20.1. The maximum absolute atomic E-state index is 10.6. The molecule has 7 heteroatoms. The SMILES string of the molecule is CCOC[C@H](O)CN(Cc1c(-c2ccccc2)noc1N1CCCC[C@@H]1C)C[C@H]1CCCO1. The third kappa shape index (κ3) is 6.35. The molecule has 0 unspecified atom stereocenters. The van der Waals surface area contributed by atoms with Gasteiger partial charge in [0.25, 0.3) is 0 Å². The lowest BCUT2D eigenvalue weighted by molar-refractivity contribution is 0.00518. The smallest absolute Gasteiger partial charge is 0.232 e. The van der Waals surface area contributed by atoms with Crippen LogP contribution in [-0.4, -0.2) is 72.9 Å². The molecule has 0 spiro atoms. The van der Waals surface area contributed by atoms with Crippen LogP contribution in [0.5, 0.6) is 0 Å². The monoisotopic (exact) mass is 457 g/mol. The van der Waals surface area contributed by atoms with E-state index in [0.717, 1.165) is 68.1 Å². The Morgan fingerprint density at radius 3 is 2.79 bits per heavy atom. The lowest BCUT2D eigenvalue weighted by atomic mass is 10.0. The van der Waals surface area contributed by atoms with Crippen LogP contribution in [0.1, 0.15) is 51.5 Å². The minimum absolute atomic E-state index is 0.196. The first-order valence-electron chi connectivity index (χ1n) is 12.6.